The molecule has 1 N–H and O–H groups in total. The van der Waals surface area contributed by atoms with E-state index in [1.165, 1.54) is 5.56 Å². The summed E-state index contributed by atoms with van der Waals surface area (Å²) in [6.07, 6.45) is 5.20. The van der Waals surface area contributed by atoms with E-state index in [1.54, 1.807) is 18.5 Å². The van der Waals surface area contributed by atoms with Crippen LogP contribution < -0.4 is 4.90 Å². The zero-order chi connectivity index (χ0) is 28.3. The highest BCUT2D eigenvalue weighted by atomic mass is 35.5. The molecule has 5 rings (SSSR count). The Morgan fingerprint density at radius 2 is 1.82 bits per heavy atom. The first-order valence-electron chi connectivity index (χ1n) is 14.1. The average molecular weight is 592 g/mol. The molecular formula is C28H38ClN5O5S. The van der Waals surface area contributed by atoms with Crippen molar-refractivity contribution >= 4 is 33.4 Å². The van der Waals surface area contributed by atoms with Crippen LogP contribution in [0.3, 0.4) is 0 Å². The first kappa shape index (κ1) is 29.2. The third-order valence-corrected chi connectivity index (χ3v) is 9.42. The second kappa shape index (κ2) is 12.7. The Hall–Kier alpha value is -2.31. The van der Waals surface area contributed by atoms with Crippen LogP contribution in [0.25, 0.3) is 0 Å². The molecule has 1 aromatic heterocycles. The van der Waals surface area contributed by atoms with Gasteiger partial charge in [0.05, 0.1) is 11.7 Å². The van der Waals surface area contributed by atoms with Crippen molar-refractivity contribution in [2.45, 2.75) is 50.5 Å². The Kier molecular flexibility index (Phi) is 9.26. The molecule has 2 fully saturated rings. The second-order valence-corrected chi connectivity index (χ2v) is 13.0. The number of hydrogen-bond acceptors (Lipinski definition) is 8. The number of halogens is 1. The first-order chi connectivity index (χ1) is 19.2. The minimum atomic E-state index is -4.15. The molecule has 0 radical (unpaired) electrons. The van der Waals surface area contributed by atoms with Gasteiger partial charge in [0.15, 0.2) is 0 Å². The fourth-order valence-corrected chi connectivity index (χ4v) is 6.79. The van der Waals surface area contributed by atoms with Crippen LogP contribution in [0, 0.1) is 0 Å². The number of nitrogens with zero attached hydrogens (tertiary/aromatic N) is 5. The molecule has 1 aliphatic carbocycles. The molecule has 3 aliphatic rings. The SMILES string of the molecule is CC1CCc2ncnc(N3CCN(C(=O)C(CN(CCS(=O)(=O)O)C4CCOCC4)c4ccc(Cl)cc4)CC3)c21. The summed E-state index contributed by atoms with van der Waals surface area (Å²) in [6.45, 7) is 6.38. The van der Waals surface area contributed by atoms with Gasteiger partial charge < -0.3 is 14.5 Å². The molecule has 2 unspecified atom stereocenters. The molecule has 1 amide bonds. The van der Waals surface area contributed by atoms with E-state index in [2.05, 4.69) is 21.8 Å². The summed E-state index contributed by atoms with van der Waals surface area (Å²) in [5.74, 6) is 0.543. The predicted molar refractivity (Wildman–Crippen MR) is 154 cm³/mol. The monoisotopic (exact) mass is 591 g/mol. The number of ether oxygens (including phenoxy) is 1. The van der Waals surface area contributed by atoms with E-state index in [-0.39, 0.29) is 24.2 Å². The van der Waals surface area contributed by atoms with Gasteiger partial charge in [-0.05, 0) is 49.3 Å². The third-order valence-electron chi connectivity index (χ3n) is 8.47. The Morgan fingerprint density at radius 3 is 2.50 bits per heavy atom. The summed E-state index contributed by atoms with van der Waals surface area (Å²) >= 11 is 6.17. The Bertz CT molecular complexity index is 1280. The number of rotatable bonds is 9. The van der Waals surface area contributed by atoms with E-state index in [0.717, 1.165) is 42.8 Å². The minimum absolute atomic E-state index is 0.00664. The quantitative estimate of drug-likeness (QED) is 0.439. The lowest BCUT2D eigenvalue weighted by atomic mass is 9.94. The Balaban J connectivity index is 1.34. The lowest BCUT2D eigenvalue weighted by Crippen LogP contribution is -2.52. The van der Waals surface area contributed by atoms with Crippen molar-refractivity contribution in [1.82, 2.24) is 19.8 Å². The predicted octanol–water partition coefficient (Wildman–Crippen LogP) is 2.98. The normalized spacial score (nSPS) is 21.1. The average Bonchev–Trinajstić information content (AvgIpc) is 3.34. The van der Waals surface area contributed by atoms with Gasteiger partial charge in [-0.25, -0.2) is 9.97 Å². The van der Waals surface area contributed by atoms with Crippen molar-refractivity contribution in [3.05, 3.63) is 52.4 Å². The van der Waals surface area contributed by atoms with Crippen molar-refractivity contribution in [2.24, 2.45) is 0 Å². The smallest absolute Gasteiger partial charge is 0.266 e. The van der Waals surface area contributed by atoms with E-state index in [9.17, 15) is 17.8 Å². The molecule has 218 valence electrons. The lowest BCUT2D eigenvalue weighted by Gasteiger charge is -2.40. The van der Waals surface area contributed by atoms with Crippen LogP contribution in [0.4, 0.5) is 5.82 Å². The van der Waals surface area contributed by atoms with Crippen LogP contribution in [-0.4, -0.2) is 103 Å². The zero-order valence-corrected chi connectivity index (χ0v) is 24.5. The number of aromatic nitrogens is 2. The summed E-state index contributed by atoms with van der Waals surface area (Å²) in [5.41, 5.74) is 3.22. The number of benzene rings is 1. The van der Waals surface area contributed by atoms with Crippen molar-refractivity contribution in [3.8, 4) is 0 Å². The molecule has 2 aromatic rings. The number of piperazine rings is 1. The molecule has 40 heavy (non-hydrogen) atoms. The maximum absolute atomic E-state index is 14.1. The lowest BCUT2D eigenvalue weighted by molar-refractivity contribution is -0.133. The molecule has 12 heteroatoms. The number of carbonyl (C=O) groups is 1. The number of anilines is 1. The van der Waals surface area contributed by atoms with Gasteiger partial charge in [0.2, 0.25) is 5.91 Å². The third kappa shape index (κ3) is 6.94. The van der Waals surface area contributed by atoms with Gasteiger partial charge in [-0.2, -0.15) is 8.42 Å². The van der Waals surface area contributed by atoms with Crippen molar-refractivity contribution in [3.63, 3.8) is 0 Å². The van der Waals surface area contributed by atoms with Gasteiger partial charge in [-0.15, -0.1) is 0 Å². The van der Waals surface area contributed by atoms with E-state index < -0.39 is 16.0 Å². The summed E-state index contributed by atoms with van der Waals surface area (Å²) in [4.78, 5) is 29.4. The van der Waals surface area contributed by atoms with E-state index >= 15 is 0 Å². The number of fused-ring (bicyclic) bond motifs is 1. The summed E-state index contributed by atoms with van der Waals surface area (Å²) < 4.78 is 38.3. The van der Waals surface area contributed by atoms with Gasteiger partial charge in [0.25, 0.3) is 10.1 Å². The van der Waals surface area contributed by atoms with Crippen LogP contribution in [0.15, 0.2) is 30.6 Å². The maximum Gasteiger partial charge on any atom is 0.266 e. The number of hydrogen-bond donors (Lipinski definition) is 1. The molecule has 0 spiro atoms. The second-order valence-electron chi connectivity index (χ2n) is 11.0. The highest BCUT2D eigenvalue weighted by molar-refractivity contribution is 7.85. The van der Waals surface area contributed by atoms with Gasteiger partial charge in [0.1, 0.15) is 12.1 Å². The number of aryl methyl sites for hydroxylation is 1. The Labute approximate surface area is 241 Å². The standard InChI is InChI=1S/C28H38ClN5O5S/c1-20-2-7-25-26(20)27(31-19-30-25)32-10-12-33(13-11-32)28(35)24(21-3-5-22(29)6-4-21)18-34(14-17-40(36,37)38)23-8-15-39-16-9-23/h3-6,19-20,23-24H,2,7-18H2,1H3,(H,36,37,38). The van der Waals surface area contributed by atoms with Crippen LogP contribution in [0.2, 0.25) is 5.02 Å². The highest BCUT2D eigenvalue weighted by Crippen LogP contribution is 2.37. The van der Waals surface area contributed by atoms with Gasteiger partial charge >= 0.3 is 0 Å². The zero-order valence-electron chi connectivity index (χ0n) is 22.9. The van der Waals surface area contributed by atoms with Crippen molar-refractivity contribution < 1.29 is 22.5 Å². The van der Waals surface area contributed by atoms with Crippen molar-refractivity contribution in [2.75, 3.05) is 63.1 Å². The molecule has 1 aromatic carbocycles. The molecule has 0 bridgehead atoms. The van der Waals surface area contributed by atoms with Crippen LogP contribution >= 0.6 is 11.6 Å². The molecule has 2 aliphatic heterocycles. The van der Waals surface area contributed by atoms with E-state index in [4.69, 9.17) is 16.3 Å². The Morgan fingerprint density at radius 1 is 1.12 bits per heavy atom. The van der Waals surface area contributed by atoms with Crippen molar-refractivity contribution in [1.29, 1.82) is 0 Å². The molecule has 0 saturated carbocycles. The topological polar surface area (TPSA) is 116 Å². The van der Waals surface area contributed by atoms with E-state index in [1.807, 2.05) is 21.9 Å². The summed E-state index contributed by atoms with van der Waals surface area (Å²) in [5, 5.41) is 0.586. The van der Waals surface area contributed by atoms with Crippen LogP contribution in [0.5, 0.6) is 0 Å². The van der Waals surface area contributed by atoms with Crippen LogP contribution in [0.1, 0.15) is 54.8 Å². The molecule has 3 heterocycles. The highest BCUT2D eigenvalue weighted by Gasteiger charge is 2.34. The molecule has 2 atom stereocenters. The largest absolute Gasteiger partial charge is 0.381 e. The molecule has 2 saturated heterocycles. The summed E-state index contributed by atoms with van der Waals surface area (Å²) in [6, 6.07) is 7.37. The minimum Gasteiger partial charge on any atom is -0.381 e. The van der Waals surface area contributed by atoms with E-state index in [0.29, 0.717) is 56.9 Å². The summed E-state index contributed by atoms with van der Waals surface area (Å²) in [7, 11) is -4.15. The van der Waals surface area contributed by atoms with Gasteiger partial charge in [-0.3, -0.25) is 14.2 Å². The van der Waals surface area contributed by atoms with Gasteiger partial charge in [0, 0.05) is 74.8 Å². The van der Waals surface area contributed by atoms with Crippen LogP contribution in [-0.2, 0) is 26.1 Å². The first-order valence-corrected chi connectivity index (χ1v) is 16.1. The number of carbonyl (C=O) groups excluding carboxylic acids is 1. The number of amides is 1. The fraction of sp³-hybridized carbons (Fsp3) is 0.607. The molecule has 10 nitrogen and oxygen atoms in total. The molecular weight excluding hydrogens is 554 g/mol. The maximum atomic E-state index is 14.1. The van der Waals surface area contributed by atoms with Gasteiger partial charge in [-0.1, -0.05) is 30.7 Å². The fourth-order valence-electron chi connectivity index (χ4n) is 6.20.